The number of aromatic nitrogens is 4. The molecule has 1 aromatic carbocycles. The van der Waals surface area contributed by atoms with Gasteiger partial charge in [-0.05, 0) is 42.1 Å². The Morgan fingerprint density at radius 1 is 1.20 bits per heavy atom. The van der Waals surface area contributed by atoms with Crippen LogP contribution in [0.1, 0.15) is 5.69 Å². The predicted molar refractivity (Wildman–Crippen MR) is 87.8 cm³/mol. The van der Waals surface area contributed by atoms with Gasteiger partial charge in [-0.2, -0.15) is 13.2 Å². The van der Waals surface area contributed by atoms with Gasteiger partial charge >= 0.3 is 6.18 Å². The van der Waals surface area contributed by atoms with E-state index in [1.807, 2.05) is 10.6 Å². The molecule has 2 heterocycles. The van der Waals surface area contributed by atoms with E-state index in [1.54, 1.807) is 19.2 Å². The van der Waals surface area contributed by atoms with Gasteiger partial charge < -0.3 is 9.30 Å². The summed E-state index contributed by atoms with van der Waals surface area (Å²) in [5.41, 5.74) is 0.506. The topological polar surface area (TPSA) is 52.8 Å². The zero-order valence-corrected chi connectivity index (χ0v) is 14.5. The first kappa shape index (κ1) is 18.0. The highest BCUT2D eigenvalue weighted by molar-refractivity contribution is 7.99. The predicted octanol–water partition coefficient (Wildman–Crippen LogP) is 4.30. The molecule has 0 fully saturated rings. The first-order valence-corrected chi connectivity index (χ1v) is 8.31. The van der Waals surface area contributed by atoms with Crippen LogP contribution in [0.15, 0.2) is 40.5 Å². The Kier molecular flexibility index (Phi) is 5.16. The Morgan fingerprint density at radius 3 is 2.64 bits per heavy atom. The summed E-state index contributed by atoms with van der Waals surface area (Å²) in [6.45, 7) is 0.991. The molecule has 0 aliphatic rings. The van der Waals surface area contributed by atoms with Crippen molar-refractivity contribution < 1.29 is 17.9 Å². The lowest BCUT2D eigenvalue weighted by molar-refractivity contribution is -0.141. The number of rotatable bonds is 5. The molecule has 0 radical (unpaired) electrons. The number of fused-ring (bicyclic) bond motifs is 1. The highest BCUT2D eigenvalue weighted by Gasteiger charge is 2.33. The van der Waals surface area contributed by atoms with Gasteiger partial charge in [-0.15, -0.1) is 10.2 Å². The number of hydrogen-bond acceptors (Lipinski definition) is 5. The molecule has 0 atom stereocenters. The van der Waals surface area contributed by atoms with Gasteiger partial charge in [0.15, 0.2) is 10.9 Å². The Balaban J connectivity index is 1.94. The normalized spacial score (nSPS) is 12.0. The second-order valence-corrected chi connectivity index (χ2v) is 6.45. The van der Waals surface area contributed by atoms with Crippen LogP contribution >= 0.6 is 23.4 Å². The molecule has 25 heavy (non-hydrogen) atoms. The lowest BCUT2D eigenvalue weighted by Gasteiger charge is -2.08. The smallest absolute Gasteiger partial charge is 0.383 e. The Morgan fingerprint density at radius 2 is 2.00 bits per heavy atom. The van der Waals surface area contributed by atoms with Crippen LogP contribution in [0.3, 0.4) is 0 Å². The van der Waals surface area contributed by atoms with Crippen molar-refractivity contribution in [2.45, 2.75) is 22.9 Å². The van der Waals surface area contributed by atoms with E-state index < -0.39 is 11.9 Å². The molecule has 0 aliphatic carbocycles. The number of ether oxygens (including phenoxy) is 1. The van der Waals surface area contributed by atoms with Crippen LogP contribution in [0.4, 0.5) is 13.2 Å². The number of imidazole rings is 1. The van der Waals surface area contributed by atoms with Crippen molar-refractivity contribution in [3.8, 4) is 0 Å². The van der Waals surface area contributed by atoms with E-state index in [4.69, 9.17) is 16.3 Å². The summed E-state index contributed by atoms with van der Waals surface area (Å²) in [6.07, 6.45) is -4.52. The van der Waals surface area contributed by atoms with Crippen molar-refractivity contribution in [1.29, 1.82) is 0 Å². The number of benzene rings is 1. The average molecular weight is 389 g/mol. The molecule has 5 nitrogen and oxygen atoms in total. The first-order valence-electron chi connectivity index (χ1n) is 7.12. The van der Waals surface area contributed by atoms with E-state index >= 15 is 0 Å². The van der Waals surface area contributed by atoms with E-state index in [1.165, 1.54) is 6.07 Å². The van der Waals surface area contributed by atoms with Gasteiger partial charge in [-0.3, -0.25) is 0 Å². The monoisotopic (exact) mass is 388 g/mol. The molecular formula is C15H12ClF3N4OS. The van der Waals surface area contributed by atoms with Crippen LogP contribution < -0.4 is 0 Å². The maximum atomic E-state index is 12.6. The van der Waals surface area contributed by atoms with Crippen LogP contribution in [0, 0.1) is 0 Å². The molecule has 10 heteroatoms. The van der Waals surface area contributed by atoms with E-state index in [0.29, 0.717) is 33.9 Å². The number of hydrogen-bond donors (Lipinski definition) is 0. The summed E-state index contributed by atoms with van der Waals surface area (Å²) >= 11 is 7.12. The van der Waals surface area contributed by atoms with Crippen LogP contribution in [-0.4, -0.2) is 33.5 Å². The molecule has 2 aromatic heterocycles. The molecule has 0 spiro atoms. The molecule has 132 valence electrons. The van der Waals surface area contributed by atoms with Crippen LogP contribution in [0.25, 0.3) is 11.0 Å². The SMILES string of the molecule is COCCn1c(Sc2ccc(C(F)(F)F)nn2)nc2cc(Cl)ccc21. The summed E-state index contributed by atoms with van der Waals surface area (Å²) in [5, 5.41) is 8.30. The Bertz CT molecular complexity index is 883. The number of methoxy groups -OCH3 is 1. The van der Waals surface area contributed by atoms with Gasteiger partial charge in [0.05, 0.1) is 17.6 Å². The molecule has 0 saturated heterocycles. The minimum atomic E-state index is -4.52. The Labute approximate surface area is 150 Å². The number of alkyl halides is 3. The summed E-state index contributed by atoms with van der Waals surface area (Å²) in [7, 11) is 1.59. The molecule has 3 rings (SSSR count). The van der Waals surface area contributed by atoms with Crippen LogP contribution in [0.5, 0.6) is 0 Å². The van der Waals surface area contributed by atoms with E-state index in [2.05, 4.69) is 15.2 Å². The van der Waals surface area contributed by atoms with Crippen LogP contribution in [0.2, 0.25) is 5.02 Å². The summed E-state index contributed by atoms with van der Waals surface area (Å²) in [6, 6.07) is 7.48. The second-order valence-electron chi connectivity index (χ2n) is 5.03. The lowest BCUT2D eigenvalue weighted by atomic mass is 10.3. The number of halogens is 4. The largest absolute Gasteiger partial charge is 0.435 e. The highest BCUT2D eigenvalue weighted by atomic mass is 35.5. The molecule has 0 amide bonds. The molecule has 0 aliphatic heterocycles. The van der Waals surface area contributed by atoms with Crippen molar-refractivity contribution in [3.63, 3.8) is 0 Å². The third-order valence-corrected chi connectivity index (χ3v) is 4.48. The van der Waals surface area contributed by atoms with Gasteiger partial charge in [0.2, 0.25) is 0 Å². The van der Waals surface area contributed by atoms with Gasteiger partial charge in [0, 0.05) is 18.7 Å². The quantitative estimate of drug-likeness (QED) is 0.652. The zero-order chi connectivity index (χ0) is 18.0. The summed E-state index contributed by atoms with van der Waals surface area (Å²) in [5.74, 6) is 0. The molecule has 0 unspecified atom stereocenters. The maximum Gasteiger partial charge on any atom is 0.435 e. The minimum absolute atomic E-state index is 0.313. The van der Waals surface area contributed by atoms with Crippen molar-refractivity contribution in [2.24, 2.45) is 0 Å². The first-order chi connectivity index (χ1) is 11.9. The minimum Gasteiger partial charge on any atom is -0.383 e. The molecule has 0 N–H and O–H groups in total. The fourth-order valence-corrected chi connectivity index (χ4v) is 3.19. The molecule has 3 aromatic rings. The molecule has 0 saturated carbocycles. The van der Waals surface area contributed by atoms with Gasteiger partial charge in [-0.1, -0.05) is 11.6 Å². The zero-order valence-electron chi connectivity index (χ0n) is 12.9. The molecular weight excluding hydrogens is 377 g/mol. The van der Waals surface area contributed by atoms with Gasteiger partial charge in [0.1, 0.15) is 5.03 Å². The lowest BCUT2D eigenvalue weighted by Crippen LogP contribution is -2.09. The summed E-state index contributed by atoms with van der Waals surface area (Å²) in [4.78, 5) is 4.49. The fourth-order valence-electron chi connectivity index (χ4n) is 2.18. The van der Waals surface area contributed by atoms with Crippen LogP contribution in [-0.2, 0) is 17.5 Å². The van der Waals surface area contributed by atoms with Crippen molar-refractivity contribution >= 4 is 34.4 Å². The van der Waals surface area contributed by atoms with Gasteiger partial charge in [0.25, 0.3) is 0 Å². The van der Waals surface area contributed by atoms with Crippen molar-refractivity contribution in [3.05, 3.63) is 41.0 Å². The highest BCUT2D eigenvalue weighted by Crippen LogP contribution is 2.32. The third kappa shape index (κ3) is 4.05. The molecule has 0 bridgehead atoms. The van der Waals surface area contributed by atoms with E-state index in [-0.39, 0.29) is 0 Å². The van der Waals surface area contributed by atoms with E-state index in [9.17, 15) is 13.2 Å². The number of nitrogens with zero attached hydrogens (tertiary/aromatic N) is 4. The average Bonchev–Trinajstić information content (AvgIpc) is 2.88. The van der Waals surface area contributed by atoms with E-state index in [0.717, 1.165) is 23.3 Å². The maximum absolute atomic E-state index is 12.6. The fraction of sp³-hybridized carbons (Fsp3) is 0.267. The second kappa shape index (κ2) is 7.19. The van der Waals surface area contributed by atoms with Gasteiger partial charge in [-0.25, -0.2) is 4.98 Å². The van der Waals surface area contributed by atoms with Crippen molar-refractivity contribution in [2.75, 3.05) is 13.7 Å². The summed E-state index contributed by atoms with van der Waals surface area (Å²) < 4.78 is 44.7. The third-order valence-electron chi connectivity index (χ3n) is 3.32. The Hall–Kier alpha value is -1.84. The van der Waals surface area contributed by atoms with Crippen molar-refractivity contribution in [1.82, 2.24) is 19.7 Å². The standard InChI is InChI=1S/C15H12ClF3N4OS/c1-24-7-6-23-11-3-2-9(16)8-10(11)20-14(23)25-13-5-4-12(21-22-13)15(17,18)19/h2-5,8H,6-7H2,1H3.